The van der Waals surface area contributed by atoms with Crippen molar-refractivity contribution in [2.24, 2.45) is 0 Å². The monoisotopic (exact) mass is 263 g/mol. The van der Waals surface area contributed by atoms with Crippen LogP contribution >= 0.6 is 0 Å². The van der Waals surface area contributed by atoms with E-state index in [1.165, 1.54) is 0 Å². The molecule has 0 radical (unpaired) electrons. The van der Waals surface area contributed by atoms with Crippen LogP contribution in [0.15, 0.2) is 36.9 Å². The first kappa shape index (κ1) is 15.1. The molecule has 19 heavy (non-hydrogen) atoms. The van der Waals surface area contributed by atoms with Gasteiger partial charge < -0.3 is 14.8 Å². The largest absolute Gasteiger partial charge is 0.497 e. The number of esters is 1. The predicted octanol–water partition coefficient (Wildman–Crippen LogP) is 3.01. The molecule has 0 unspecified atom stereocenters. The molecule has 0 saturated heterocycles. The first-order valence-corrected chi connectivity index (χ1v) is 6.26. The van der Waals surface area contributed by atoms with E-state index in [4.69, 9.17) is 9.47 Å². The van der Waals surface area contributed by atoms with E-state index in [-0.39, 0.29) is 5.97 Å². The highest BCUT2D eigenvalue weighted by Gasteiger charge is 2.33. The summed E-state index contributed by atoms with van der Waals surface area (Å²) in [6.07, 6.45) is 2.19. The molecule has 0 aliphatic rings. The van der Waals surface area contributed by atoms with Gasteiger partial charge in [-0.3, -0.25) is 0 Å². The third kappa shape index (κ3) is 4.02. The maximum absolute atomic E-state index is 12.0. The number of ether oxygens (including phenoxy) is 2. The second-order valence-corrected chi connectivity index (χ2v) is 4.40. The van der Waals surface area contributed by atoms with E-state index < -0.39 is 5.54 Å². The molecule has 4 heteroatoms. The van der Waals surface area contributed by atoms with Crippen molar-refractivity contribution in [1.82, 2.24) is 0 Å². The van der Waals surface area contributed by atoms with Gasteiger partial charge in [-0.05, 0) is 44.5 Å². The Kier molecular flexibility index (Phi) is 5.42. The lowest BCUT2D eigenvalue weighted by atomic mass is 9.97. The zero-order valence-corrected chi connectivity index (χ0v) is 11.7. The minimum absolute atomic E-state index is 0.286. The highest BCUT2D eigenvalue weighted by Crippen LogP contribution is 2.23. The topological polar surface area (TPSA) is 47.6 Å². The van der Waals surface area contributed by atoms with Crippen LogP contribution in [0.3, 0.4) is 0 Å². The number of methoxy groups -OCH3 is 1. The van der Waals surface area contributed by atoms with Crippen LogP contribution in [0, 0.1) is 0 Å². The number of hydrogen-bond acceptors (Lipinski definition) is 4. The van der Waals surface area contributed by atoms with Crippen molar-refractivity contribution in [1.29, 1.82) is 0 Å². The second kappa shape index (κ2) is 6.83. The molecule has 0 spiro atoms. The molecular formula is C15H21NO3. The van der Waals surface area contributed by atoms with Gasteiger partial charge in [0.2, 0.25) is 0 Å². The molecular weight excluding hydrogens is 242 g/mol. The van der Waals surface area contributed by atoms with E-state index in [0.29, 0.717) is 13.0 Å². The van der Waals surface area contributed by atoms with Gasteiger partial charge in [-0.15, -0.1) is 6.58 Å². The lowest BCUT2D eigenvalue weighted by Gasteiger charge is -2.28. The van der Waals surface area contributed by atoms with Crippen molar-refractivity contribution >= 4 is 11.7 Å². The molecule has 1 aromatic carbocycles. The minimum atomic E-state index is -0.813. The fourth-order valence-electron chi connectivity index (χ4n) is 1.76. The minimum Gasteiger partial charge on any atom is -0.497 e. The summed E-state index contributed by atoms with van der Waals surface area (Å²) < 4.78 is 10.2. The van der Waals surface area contributed by atoms with Gasteiger partial charge in [0.25, 0.3) is 0 Å². The number of nitrogens with one attached hydrogen (secondary N) is 1. The van der Waals surface area contributed by atoms with Crippen LogP contribution in [0.2, 0.25) is 0 Å². The molecule has 1 N–H and O–H groups in total. The van der Waals surface area contributed by atoms with Crippen molar-refractivity contribution in [3.8, 4) is 5.75 Å². The molecule has 0 bridgehead atoms. The zero-order valence-electron chi connectivity index (χ0n) is 11.7. The number of carbonyl (C=O) groups excluding carboxylic acids is 1. The fraction of sp³-hybridized carbons (Fsp3) is 0.400. The van der Waals surface area contributed by atoms with Gasteiger partial charge in [0.15, 0.2) is 0 Å². The van der Waals surface area contributed by atoms with Crippen LogP contribution in [0.4, 0.5) is 5.69 Å². The first-order chi connectivity index (χ1) is 9.05. The maximum Gasteiger partial charge on any atom is 0.331 e. The molecule has 1 atom stereocenters. The van der Waals surface area contributed by atoms with E-state index in [0.717, 1.165) is 11.4 Å². The number of anilines is 1. The SMILES string of the molecule is C=CC[C@](C)(Nc1ccc(OC)cc1)C(=O)OCC. The lowest BCUT2D eigenvalue weighted by Crippen LogP contribution is -2.44. The van der Waals surface area contributed by atoms with E-state index in [9.17, 15) is 4.79 Å². The van der Waals surface area contributed by atoms with Crippen molar-refractivity contribution < 1.29 is 14.3 Å². The summed E-state index contributed by atoms with van der Waals surface area (Å²) in [5.74, 6) is 0.484. The van der Waals surface area contributed by atoms with Gasteiger partial charge in [0.1, 0.15) is 11.3 Å². The quantitative estimate of drug-likeness (QED) is 0.607. The second-order valence-electron chi connectivity index (χ2n) is 4.40. The molecule has 1 aromatic rings. The molecule has 4 nitrogen and oxygen atoms in total. The third-order valence-corrected chi connectivity index (χ3v) is 2.79. The zero-order chi connectivity index (χ0) is 14.3. The van der Waals surface area contributed by atoms with Crippen LogP contribution in [-0.4, -0.2) is 25.2 Å². The van der Waals surface area contributed by atoms with E-state index in [1.54, 1.807) is 27.0 Å². The maximum atomic E-state index is 12.0. The molecule has 0 heterocycles. The Morgan fingerprint density at radius 1 is 1.42 bits per heavy atom. The highest BCUT2D eigenvalue weighted by molar-refractivity contribution is 5.84. The molecule has 104 valence electrons. The summed E-state index contributed by atoms with van der Waals surface area (Å²) in [7, 11) is 1.61. The molecule has 1 rings (SSSR count). The van der Waals surface area contributed by atoms with Crippen LogP contribution in [0.5, 0.6) is 5.75 Å². The summed E-state index contributed by atoms with van der Waals surface area (Å²) in [6, 6.07) is 7.39. The molecule has 0 saturated carbocycles. The van der Waals surface area contributed by atoms with Crippen LogP contribution < -0.4 is 10.1 Å². The van der Waals surface area contributed by atoms with Crippen molar-refractivity contribution in [3.05, 3.63) is 36.9 Å². The lowest BCUT2D eigenvalue weighted by molar-refractivity contribution is -0.147. The molecule has 0 aliphatic heterocycles. The normalized spacial score (nSPS) is 13.2. The third-order valence-electron chi connectivity index (χ3n) is 2.79. The Morgan fingerprint density at radius 2 is 2.05 bits per heavy atom. The Bertz CT molecular complexity index is 428. The number of benzene rings is 1. The van der Waals surface area contributed by atoms with Crippen molar-refractivity contribution in [3.63, 3.8) is 0 Å². The van der Waals surface area contributed by atoms with Gasteiger partial charge in [-0.2, -0.15) is 0 Å². The predicted molar refractivity (Wildman–Crippen MR) is 76.5 cm³/mol. The molecule has 0 amide bonds. The summed E-state index contributed by atoms with van der Waals surface area (Å²) in [6.45, 7) is 7.64. The van der Waals surface area contributed by atoms with Crippen LogP contribution in [0.25, 0.3) is 0 Å². The van der Waals surface area contributed by atoms with Crippen LogP contribution in [0.1, 0.15) is 20.3 Å². The van der Waals surface area contributed by atoms with Crippen molar-refractivity contribution in [2.45, 2.75) is 25.8 Å². The number of carbonyl (C=O) groups is 1. The Morgan fingerprint density at radius 3 is 2.53 bits per heavy atom. The van der Waals surface area contributed by atoms with Gasteiger partial charge in [-0.1, -0.05) is 6.08 Å². The smallest absolute Gasteiger partial charge is 0.331 e. The van der Waals surface area contributed by atoms with E-state index in [2.05, 4.69) is 11.9 Å². The Labute approximate surface area is 114 Å². The fourth-order valence-corrected chi connectivity index (χ4v) is 1.76. The summed E-state index contributed by atoms with van der Waals surface area (Å²) in [4.78, 5) is 12.0. The van der Waals surface area contributed by atoms with Crippen molar-refractivity contribution in [2.75, 3.05) is 19.0 Å². The van der Waals surface area contributed by atoms with E-state index in [1.807, 2.05) is 24.3 Å². The van der Waals surface area contributed by atoms with Crippen LogP contribution in [-0.2, 0) is 9.53 Å². The molecule has 0 aliphatic carbocycles. The van der Waals surface area contributed by atoms with E-state index >= 15 is 0 Å². The number of hydrogen-bond donors (Lipinski definition) is 1. The summed E-state index contributed by atoms with van der Waals surface area (Å²) in [5, 5.41) is 3.19. The highest BCUT2D eigenvalue weighted by atomic mass is 16.5. The summed E-state index contributed by atoms with van der Waals surface area (Å²) in [5.41, 5.74) is 0.0185. The average molecular weight is 263 g/mol. The number of rotatable bonds is 7. The van der Waals surface area contributed by atoms with Gasteiger partial charge in [0.05, 0.1) is 13.7 Å². The molecule has 0 aromatic heterocycles. The first-order valence-electron chi connectivity index (χ1n) is 6.26. The molecule has 0 fully saturated rings. The summed E-state index contributed by atoms with van der Waals surface area (Å²) >= 11 is 0. The van der Waals surface area contributed by atoms with Gasteiger partial charge in [0, 0.05) is 5.69 Å². The van der Waals surface area contributed by atoms with Gasteiger partial charge >= 0.3 is 5.97 Å². The van der Waals surface area contributed by atoms with Gasteiger partial charge in [-0.25, -0.2) is 4.79 Å². The standard InChI is InChI=1S/C15H21NO3/c1-5-11-15(3,14(17)19-6-2)16-12-7-9-13(18-4)10-8-12/h5,7-10,16H,1,6,11H2,2-4H3/t15-/m0/s1. The Hall–Kier alpha value is -1.97. The average Bonchev–Trinajstić information content (AvgIpc) is 2.40. The Balaban J connectivity index is 2.87.